The second-order valence-corrected chi connectivity index (χ2v) is 16.2. The molecule has 3 atom stereocenters. The summed E-state index contributed by atoms with van der Waals surface area (Å²) in [6.07, 6.45) is 10.8. The number of pyridine rings is 1. The smallest absolute Gasteiger partial charge is 0.320 e. The van der Waals surface area contributed by atoms with Crippen molar-refractivity contribution in [2.24, 2.45) is 0 Å². The summed E-state index contributed by atoms with van der Waals surface area (Å²) in [6.45, 7) is 13.0. The summed E-state index contributed by atoms with van der Waals surface area (Å²) >= 11 is 0. The maximum atomic E-state index is 13.7. The molecular weight excluding hydrogens is 663 g/mol. The molecule has 0 spiro atoms. The standard InChI is InChI=1S/C42H53N9O2/c1-29-12-8-11-25-49(29)41-46-45-38-22-19-32(28-50(38)41)53-36-21-20-35(33-13-6-7-14-34(33)36)43-40(52)44-39-26-37(42(2,3)4)47-51(39)31-17-15-30(16-18-31)27-48-23-9-5-10-24-48/h6-7,13-19,22,26,28-29,35-36H,5,8-12,20-21,23-25,27H2,1-4H3,(H2,43,44,52)/t29-,35?,36+/m0/s1. The SMILES string of the molecule is C[C@H]1CCCCN1c1nnc2ccc(O[C@@H]3CCC(NC(=O)Nc4cc(C(C)(C)C)nn4-c4ccc(CN5CCCCC5)cc4)c4ccccc43)cn12. The fraction of sp³-hybridized carbons (Fsp3) is 0.476. The Balaban J connectivity index is 0.972. The zero-order valence-electron chi connectivity index (χ0n) is 31.6. The van der Waals surface area contributed by atoms with E-state index < -0.39 is 0 Å². The molecule has 5 heterocycles. The molecule has 2 amide bonds. The first-order valence-electron chi connectivity index (χ1n) is 19.6. The van der Waals surface area contributed by atoms with Crippen LogP contribution in [0.2, 0.25) is 0 Å². The predicted octanol–water partition coefficient (Wildman–Crippen LogP) is 8.35. The van der Waals surface area contributed by atoms with Crippen LogP contribution in [-0.2, 0) is 12.0 Å². The molecular formula is C42H53N9O2. The van der Waals surface area contributed by atoms with Crippen molar-refractivity contribution in [3.05, 3.63) is 95.3 Å². The fourth-order valence-corrected chi connectivity index (χ4v) is 8.17. The third-order valence-electron chi connectivity index (χ3n) is 11.2. The van der Waals surface area contributed by atoms with E-state index in [0.29, 0.717) is 11.9 Å². The lowest BCUT2D eigenvalue weighted by Crippen LogP contribution is -2.38. The van der Waals surface area contributed by atoms with Crippen LogP contribution in [0.5, 0.6) is 5.75 Å². The highest BCUT2D eigenvalue weighted by molar-refractivity contribution is 5.89. The number of anilines is 2. The number of carbonyl (C=O) groups is 1. The third-order valence-corrected chi connectivity index (χ3v) is 11.2. The van der Waals surface area contributed by atoms with Crippen LogP contribution in [0.4, 0.5) is 16.6 Å². The van der Waals surface area contributed by atoms with Gasteiger partial charge in [-0.1, -0.05) is 63.6 Å². The Morgan fingerprint density at radius 3 is 2.42 bits per heavy atom. The Kier molecular flexibility index (Phi) is 9.85. The summed E-state index contributed by atoms with van der Waals surface area (Å²) in [7, 11) is 0. The van der Waals surface area contributed by atoms with Crippen LogP contribution in [0.1, 0.15) is 114 Å². The van der Waals surface area contributed by atoms with Crippen LogP contribution >= 0.6 is 0 Å². The molecule has 11 nitrogen and oxygen atoms in total. The molecule has 1 aliphatic carbocycles. The average Bonchev–Trinajstić information content (AvgIpc) is 3.78. The van der Waals surface area contributed by atoms with E-state index >= 15 is 0 Å². The minimum atomic E-state index is -0.259. The van der Waals surface area contributed by atoms with E-state index in [1.807, 2.05) is 41.2 Å². The topological polar surface area (TPSA) is 105 Å². The number of nitrogens with one attached hydrogen (secondary N) is 2. The number of piperidine rings is 2. The maximum absolute atomic E-state index is 13.7. The van der Waals surface area contributed by atoms with Gasteiger partial charge in [0.1, 0.15) is 17.7 Å². The van der Waals surface area contributed by atoms with Crippen LogP contribution in [0, 0.1) is 0 Å². The summed E-state index contributed by atoms with van der Waals surface area (Å²) < 4.78 is 10.6. The normalized spacial score (nSPS) is 21.0. The number of amides is 2. The highest BCUT2D eigenvalue weighted by atomic mass is 16.5. The number of ether oxygens (including phenoxy) is 1. The molecule has 2 fully saturated rings. The van der Waals surface area contributed by atoms with Gasteiger partial charge in [0.2, 0.25) is 5.95 Å². The number of benzene rings is 2. The van der Waals surface area contributed by atoms with Gasteiger partial charge in [0.15, 0.2) is 5.65 Å². The summed E-state index contributed by atoms with van der Waals surface area (Å²) in [5.41, 5.74) is 5.91. The summed E-state index contributed by atoms with van der Waals surface area (Å²) in [5, 5.41) is 20.4. The zero-order chi connectivity index (χ0) is 36.5. The van der Waals surface area contributed by atoms with Gasteiger partial charge >= 0.3 is 6.03 Å². The Hall–Kier alpha value is -4.90. The molecule has 3 aliphatic rings. The Labute approximate surface area is 312 Å². The summed E-state index contributed by atoms with van der Waals surface area (Å²) in [6, 6.07) is 22.8. The molecule has 8 rings (SSSR count). The second kappa shape index (κ2) is 14.9. The highest BCUT2D eigenvalue weighted by Crippen LogP contribution is 2.39. The van der Waals surface area contributed by atoms with Crippen LogP contribution < -0.4 is 20.3 Å². The number of aromatic nitrogens is 5. The van der Waals surface area contributed by atoms with E-state index in [4.69, 9.17) is 9.84 Å². The lowest BCUT2D eigenvalue weighted by Gasteiger charge is -2.33. The van der Waals surface area contributed by atoms with Gasteiger partial charge in [-0.25, -0.2) is 9.48 Å². The molecule has 53 heavy (non-hydrogen) atoms. The first kappa shape index (κ1) is 35.1. The number of fused-ring (bicyclic) bond motifs is 2. The van der Waals surface area contributed by atoms with E-state index in [1.54, 1.807) is 0 Å². The fourth-order valence-electron chi connectivity index (χ4n) is 8.17. The molecule has 2 N–H and O–H groups in total. The van der Waals surface area contributed by atoms with Gasteiger partial charge < -0.3 is 15.0 Å². The van der Waals surface area contributed by atoms with E-state index in [-0.39, 0.29) is 23.6 Å². The van der Waals surface area contributed by atoms with Gasteiger partial charge in [0, 0.05) is 30.6 Å². The number of carbonyl (C=O) groups excluding carboxylic acids is 1. The van der Waals surface area contributed by atoms with Crippen molar-refractivity contribution in [2.75, 3.05) is 29.9 Å². The molecule has 11 heteroatoms. The number of hydrogen-bond acceptors (Lipinski definition) is 7. The number of rotatable bonds is 8. The van der Waals surface area contributed by atoms with Gasteiger partial charge in [-0.15, -0.1) is 10.2 Å². The Morgan fingerprint density at radius 2 is 1.64 bits per heavy atom. The average molecular weight is 716 g/mol. The molecule has 0 saturated carbocycles. The minimum absolute atomic E-state index is 0.146. The van der Waals surface area contributed by atoms with Crippen molar-refractivity contribution in [3.8, 4) is 11.4 Å². The number of nitrogens with zero attached hydrogens (tertiary/aromatic N) is 7. The first-order chi connectivity index (χ1) is 25.7. The minimum Gasteiger partial charge on any atom is -0.484 e. The zero-order valence-corrected chi connectivity index (χ0v) is 31.6. The number of urea groups is 1. The van der Waals surface area contributed by atoms with E-state index in [1.165, 1.54) is 31.2 Å². The predicted molar refractivity (Wildman–Crippen MR) is 209 cm³/mol. The number of hydrogen-bond donors (Lipinski definition) is 2. The molecule has 2 aromatic carbocycles. The van der Waals surface area contributed by atoms with Crippen molar-refractivity contribution >= 4 is 23.4 Å². The largest absolute Gasteiger partial charge is 0.484 e. The van der Waals surface area contributed by atoms with Crippen LogP contribution in [0.25, 0.3) is 11.3 Å². The van der Waals surface area contributed by atoms with Crippen molar-refractivity contribution in [1.82, 2.24) is 34.6 Å². The summed E-state index contributed by atoms with van der Waals surface area (Å²) in [5.74, 6) is 2.29. The van der Waals surface area contributed by atoms with Crippen LogP contribution in [-0.4, -0.2) is 61.0 Å². The second-order valence-electron chi connectivity index (χ2n) is 16.2. The summed E-state index contributed by atoms with van der Waals surface area (Å²) in [4.78, 5) is 18.6. The van der Waals surface area contributed by atoms with Gasteiger partial charge in [-0.05, 0) is 106 Å². The van der Waals surface area contributed by atoms with E-state index in [9.17, 15) is 4.79 Å². The van der Waals surface area contributed by atoms with Crippen LogP contribution in [0.15, 0.2) is 72.9 Å². The third kappa shape index (κ3) is 7.62. The van der Waals surface area contributed by atoms with Crippen molar-refractivity contribution in [1.29, 1.82) is 0 Å². The first-order valence-corrected chi connectivity index (χ1v) is 19.6. The van der Waals surface area contributed by atoms with Crippen molar-refractivity contribution in [3.63, 3.8) is 0 Å². The van der Waals surface area contributed by atoms with Gasteiger partial charge in [0.05, 0.1) is 23.6 Å². The number of likely N-dealkylation sites (tertiary alicyclic amines) is 1. The molecule has 2 saturated heterocycles. The molecule has 0 bridgehead atoms. The highest BCUT2D eigenvalue weighted by Gasteiger charge is 2.31. The van der Waals surface area contributed by atoms with Crippen LogP contribution in [0.3, 0.4) is 0 Å². The van der Waals surface area contributed by atoms with Gasteiger partial charge in [-0.3, -0.25) is 14.6 Å². The molecule has 0 radical (unpaired) electrons. The van der Waals surface area contributed by atoms with Gasteiger partial charge in [0.25, 0.3) is 0 Å². The van der Waals surface area contributed by atoms with Crippen molar-refractivity contribution in [2.45, 2.75) is 109 Å². The molecule has 3 aromatic heterocycles. The maximum Gasteiger partial charge on any atom is 0.320 e. The van der Waals surface area contributed by atoms with Crippen molar-refractivity contribution < 1.29 is 9.53 Å². The molecule has 5 aromatic rings. The lowest BCUT2D eigenvalue weighted by molar-refractivity contribution is 0.171. The lowest BCUT2D eigenvalue weighted by atomic mass is 9.85. The van der Waals surface area contributed by atoms with E-state index in [0.717, 1.165) is 91.7 Å². The quantitative estimate of drug-likeness (QED) is 0.166. The monoisotopic (exact) mass is 715 g/mol. The molecule has 1 unspecified atom stereocenters. The molecule has 2 aliphatic heterocycles. The van der Waals surface area contributed by atoms with E-state index in [2.05, 4.69) is 99.1 Å². The Morgan fingerprint density at radius 1 is 0.868 bits per heavy atom. The van der Waals surface area contributed by atoms with Gasteiger partial charge in [-0.2, -0.15) is 5.10 Å². The Bertz CT molecular complexity index is 2040. The molecule has 278 valence electrons.